The van der Waals surface area contributed by atoms with Crippen LogP contribution in [0.2, 0.25) is 0 Å². The number of hydrogen-bond acceptors (Lipinski definition) is 3. The Labute approximate surface area is 119 Å². The first-order chi connectivity index (χ1) is 9.20. The summed E-state index contributed by atoms with van der Waals surface area (Å²) >= 11 is 1.70. The molecule has 1 saturated carbocycles. The zero-order chi connectivity index (χ0) is 13.4. The monoisotopic (exact) mass is 278 g/mol. The van der Waals surface area contributed by atoms with E-state index in [1.165, 1.54) is 12.0 Å². The first-order valence-electron chi connectivity index (χ1n) is 7.31. The van der Waals surface area contributed by atoms with Crippen LogP contribution in [0.3, 0.4) is 0 Å². The summed E-state index contributed by atoms with van der Waals surface area (Å²) in [6.07, 6.45) is 4.54. The van der Waals surface area contributed by atoms with Crippen molar-refractivity contribution < 1.29 is 4.79 Å². The van der Waals surface area contributed by atoms with E-state index < -0.39 is 0 Å². The first kappa shape index (κ1) is 13.1. The molecule has 1 aromatic heterocycles. The van der Waals surface area contributed by atoms with E-state index in [0.717, 1.165) is 25.2 Å². The van der Waals surface area contributed by atoms with Crippen molar-refractivity contribution in [2.24, 2.45) is 5.92 Å². The van der Waals surface area contributed by atoms with Gasteiger partial charge in [0, 0.05) is 6.04 Å². The van der Waals surface area contributed by atoms with Crippen LogP contribution < -0.4 is 5.32 Å². The van der Waals surface area contributed by atoms with E-state index in [-0.39, 0.29) is 12.2 Å². The Hall–Kier alpha value is -0.870. The molecule has 2 fully saturated rings. The van der Waals surface area contributed by atoms with Gasteiger partial charge in [-0.15, -0.1) is 0 Å². The molecule has 4 unspecified atom stereocenters. The average molecular weight is 278 g/mol. The van der Waals surface area contributed by atoms with Gasteiger partial charge in [-0.25, -0.2) is 0 Å². The number of nitrogens with one attached hydrogen (secondary N) is 1. The van der Waals surface area contributed by atoms with Gasteiger partial charge in [-0.2, -0.15) is 11.3 Å². The molecule has 4 atom stereocenters. The van der Waals surface area contributed by atoms with Crippen LogP contribution in [0.1, 0.15) is 51.3 Å². The molecule has 19 heavy (non-hydrogen) atoms. The van der Waals surface area contributed by atoms with Crippen molar-refractivity contribution in [1.82, 2.24) is 10.2 Å². The zero-order valence-electron chi connectivity index (χ0n) is 11.6. The van der Waals surface area contributed by atoms with Gasteiger partial charge in [0.1, 0.15) is 6.17 Å². The Morgan fingerprint density at radius 3 is 2.89 bits per heavy atom. The predicted octanol–water partition coefficient (Wildman–Crippen LogP) is 3.15. The van der Waals surface area contributed by atoms with Crippen LogP contribution in [0.4, 0.5) is 0 Å². The summed E-state index contributed by atoms with van der Waals surface area (Å²) in [7, 11) is 0. The lowest BCUT2D eigenvalue weighted by molar-refractivity contribution is -0.132. The summed E-state index contributed by atoms with van der Waals surface area (Å²) in [5.41, 5.74) is 1.24. The standard InChI is InChI=1S/C15H22N2OS/c1-3-13-15(18)17(12-5-4-10(2)8-12)14(16-13)11-6-7-19-9-11/h6-7,9-10,12-14,16H,3-5,8H2,1-2H3. The molecule has 1 aliphatic carbocycles. The van der Waals surface area contributed by atoms with E-state index in [9.17, 15) is 4.79 Å². The summed E-state index contributed by atoms with van der Waals surface area (Å²) in [4.78, 5) is 14.7. The Balaban J connectivity index is 1.86. The van der Waals surface area contributed by atoms with Gasteiger partial charge < -0.3 is 4.90 Å². The summed E-state index contributed by atoms with van der Waals surface area (Å²) in [5, 5.41) is 7.77. The van der Waals surface area contributed by atoms with E-state index in [4.69, 9.17) is 0 Å². The van der Waals surface area contributed by atoms with Crippen molar-refractivity contribution in [1.29, 1.82) is 0 Å². The number of carbonyl (C=O) groups excluding carboxylic acids is 1. The van der Waals surface area contributed by atoms with Crippen LogP contribution in [0, 0.1) is 5.92 Å². The Bertz CT molecular complexity index is 445. The molecular formula is C15H22N2OS. The van der Waals surface area contributed by atoms with Crippen LogP contribution in [0.5, 0.6) is 0 Å². The van der Waals surface area contributed by atoms with Crippen molar-refractivity contribution >= 4 is 17.2 Å². The highest BCUT2D eigenvalue weighted by atomic mass is 32.1. The highest BCUT2D eigenvalue weighted by Gasteiger charge is 2.43. The van der Waals surface area contributed by atoms with Gasteiger partial charge in [-0.1, -0.05) is 13.8 Å². The van der Waals surface area contributed by atoms with Crippen LogP contribution in [-0.4, -0.2) is 22.9 Å². The van der Waals surface area contributed by atoms with Crippen LogP contribution in [0.15, 0.2) is 16.8 Å². The lowest BCUT2D eigenvalue weighted by atomic mass is 10.1. The summed E-state index contributed by atoms with van der Waals surface area (Å²) in [6, 6.07) is 2.57. The van der Waals surface area contributed by atoms with E-state index in [1.807, 2.05) is 0 Å². The fourth-order valence-electron chi connectivity index (χ4n) is 3.45. The van der Waals surface area contributed by atoms with Crippen LogP contribution >= 0.6 is 11.3 Å². The van der Waals surface area contributed by atoms with Gasteiger partial charge in [-0.3, -0.25) is 10.1 Å². The highest BCUT2D eigenvalue weighted by molar-refractivity contribution is 7.07. The van der Waals surface area contributed by atoms with Gasteiger partial charge in [0.2, 0.25) is 5.91 Å². The third-order valence-corrected chi connectivity index (χ3v) is 5.22. The molecule has 2 heterocycles. The molecule has 104 valence electrons. The maximum absolute atomic E-state index is 12.6. The summed E-state index contributed by atoms with van der Waals surface area (Å²) in [6.45, 7) is 4.38. The largest absolute Gasteiger partial charge is 0.319 e. The second-order valence-electron chi connectivity index (χ2n) is 5.90. The molecule has 1 N–H and O–H groups in total. The van der Waals surface area contributed by atoms with E-state index in [1.54, 1.807) is 11.3 Å². The molecule has 0 aromatic carbocycles. The van der Waals surface area contributed by atoms with Crippen LogP contribution in [-0.2, 0) is 4.79 Å². The van der Waals surface area contributed by atoms with Gasteiger partial charge in [-0.05, 0) is 54.0 Å². The van der Waals surface area contributed by atoms with Gasteiger partial charge >= 0.3 is 0 Å². The molecule has 0 spiro atoms. The number of amides is 1. The molecule has 1 saturated heterocycles. The topological polar surface area (TPSA) is 32.3 Å². The second-order valence-corrected chi connectivity index (χ2v) is 6.68. The number of thiophene rings is 1. The molecule has 3 nitrogen and oxygen atoms in total. The fourth-order valence-corrected chi connectivity index (χ4v) is 4.13. The average Bonchev–Trinajstić information content (AvgIpc) is 3.08. The third-order valence-electron chi connectivity index (χ3n) is 4.52. The number of hydrogen-bond donors (Lipinski definition) is 1. The molecule has 1 aromatic rings. The third kappa shape index (κ3) is 2.32. The van der Waals surface area contributed by atoms with Gasteiger partial charge in [0.25, 0.3) is 0 Å². The number of rotatable bonds is 3. The first-order valence-corrected chi connectivity index (χ1v) is 8.25. The zero-order valence-corrected chi connectivity index (χ0v) is 12.5. The summed E-state index contributed by atoms with van der Waals surface area (Å²) in [5.74, 6) is 1.06. The molecular weight excluding hydrogens is 256 g/mol. The minimum Gasteiger partial charge on any atom is -0.319 e. The number of nitrogens with zero attached hydrogens (tertiary/aromatic N) is 1. The predicted molar refractivity (Wildman–Crippen MR) is 77.9 cm³/mol. The van der Waals surface area contributed by atoms with Crippen molar-refractivity contribution in [2.45, 2.75) is 57.8 Å². The Morgan fingerprint density at radius 1 is 1.47 bits per heavy atom. The normalized spacial score (nSPS) is 35.3. The lowest BCUT2D eigenvalue weighted by Crippen LogP contribution is -2.38. The quantitative estimate of drug-likeness (QED) is 0.921. The van der Waals surface area contributed by atoms with E-state index in [2.05, 4.69) is 40.9 Å². The fraction of sp³-hybridized carbons (Fsp3) is 0.667. The van der Waals surface area contributed by atoms with Crippen molar-refractivity contribution in [2.75, 3.05) is 0 Å². The van der Waals surface area contributed by atoms with Crippen molar-refractivity contribution in [3.63, 3.8) is 0 Å². The maximum Gasteiger partial charge on any atom is 0.241 e. The molecule has 4 heteroatoms. The van der Waals surface area contributed by atoms with Crippen molar-refractivity contribution in [3.8, 4) is 0 Å². The minimum atomic E-state index is 0.000746. The Kier molecular flexibility index (Phi) is 3.63. The van der Waals surface area contributed by atoms with Crippen LogP contribution in [0.25, 0.3) is 0 Å². The molecule has 1 aliphatic heterocycles. The van der Waals surface area contributed by atoms with Gasteiger partial charge in [0.05, 0.1) is 6.04 Å². The highest BCUT2D eigenvalue weighted by Crippen LogP contribution is 2.37. The van der Waals surface area contributed by atoms with Crippen molar-refractivity contribution in [3.05, 3.63) is 22.4 Å². The van der Waals surface area contributed by atoms with E-state index >= 15 is 0 Å². The lowest BCUT2D eigenvalue weighted by Gasteiger charge is -2.30. The molecule has 0 radical (unpaired) electrons. The van der Waals surface area contributed by atoms with E-state index in [0.29, 0.717) is 11.9 Å². The summed E-state index contributed by atoms with van der Waals surface area (Å²) < 4.78 is 0. The Morgan fingerprint density at radius 2 is 2.32 bits per heavy atom. The maximum atomic E-state index is 12.6. The number of carbonyl (C=O) groups is 1. The minimum absolute atomic E-state index is 0.000746. The SMILES string of the molecule is CCC1NC(c2ccsc2)N(C2CCC(C)C2)C1=O. The van der Waals surface area contributed by atoms with Gasteiger partial charge in [0.15, 0.2) is 0 Å². The molecule has 3 rings (SSSR count). The molecule has 2 aliphatic rings. The molecule has 1 amide bonds. The smallest absolute Gasteiger partial charge is 0.241 e. The second kappa shape index (κ2) is 5.25. The molecule has 0 bridgehead atoms.